The van der Waals surface area contributed by atoms with Crippen molar-refractivity contribution in [3.8, 4) is 0 Å². The van der Waals surface area contributed by atoms with Crippen LogP contribution in [-0.2, 0) is 32.2 Å². The second-order valence-corrected chi connectivity index (χ2v) is 10.1. The molecule has 1 saturated heterocycles. The molecule has 4 nitrogen and oxygen atoms in total. The molecule has 2 aromatic carbocycles. The lowest BCUT2D eigenvalue weighted by molar-refractivity contribution is -0.150. The summed E-state index contributed by atoms with van der Waals surface area (Å²) in [5.41, 5.74) is 1.98. The van der Waals surface area contributed by atoms with Gasteiger partial charge in [-0.15, -0.1) is 23.5 Å². The van der Waals surface area contributed by atoms with Gasteiger partial charge >= 0.3 is 5.97 Å². The van der Waals surface area contributed by atoms with Crippen LogP contribution in [0.5, 0.6) is 0 Å². The van der Waals surface area contributed by atoms with Gasteiger partial charge in [0.25, 0.3) is 0 Å². The van der Waals surface area contributed by atoms with Crippen molar-refractivity contribution in [2.24, 2.45) is 0 Å². The van der Waals surface area contributed by atoms with Crippen LogP contribution < -0.4 is 0 Å². The molecule has 0 radical (unpaired) electrons. The van der Waals surface area contributed by atoms with Crippen LogP contribution in [-0.4, -0.2) is 47.0 Å². The first-order valence-electron chi connectivity index (χ1n) is 10.4. The molecule has 31 heavy (non-hydrogen) atoms. The lowest BCUT2D eigenvalue weighted by Crippen LogP contribution is -2.46. The standard InChI is InChI=1S/C24H29FO4S2/c1-18(26)27-17-21(25)22(28-15-19-9-4-2-5-10-19)23(24-30-13-8-14-31-24)29-16-20-11-6-3-7-12-20/h2-7,9-12,21-24H,8,13-17H2,1H3/t21-,22-,23-/m0/s1. The fourth-order valence-electron chi connectivity index (χ4n) is 3.25. The fourth-order valence-corrected chi connectivity index (χ4v) is 6.33. The van der Waals surface area contributed by atoms with E-state index in [1.807, 2.05) is 60.7 Å². The first kappa shape index (κ1) is 24.1. The van der Waals surface area contributed by atoms with Gasteiger partial charge in [-0.25, -0.2) is 4.39 Å². The highest BCUT2D eigenvalue weighted by atomic mass is 32.2. The van der Waals surface area contributed by atoms with E-state index in [0.717, 1.165) is 29.1 Å². The third-order valence-corrected chi connectivity index (χ3v) is 7.88. The topological polar surface area (TPSA) is 44.8 Å². The van der Waals surface area contributed by atoms with Crippen molar-refractivity contribution in [3.63, 3.8) is 0 Å². The van der Waals surface area contributed by atoms with Crippen LogP contribution in [0.2, 0.25) is 0 Å². The smallest absolute Gasteiger partial charge is 0.302 e. The van der Waals surface area contributed by atoms with E-state index < -0.39 is 24.3 Å². The van der Waals surface area contributed by atoms with Crippen molar-refractivity contribution in [3.05, 3.63) is 71.8 Å². The first-order valence-corrected chi connectivity index (χ1v) is 12.5. The number of hydrogen-bond donors (Lipinski definition) is 0. The lowest BCUT2D eigenvalue weighted by Gasteiger charge is -2.36. The highest BCUT2D eigenvalue weighted by molar-refractivity contribution is 8.17. The zero-order valence-electron chi connectivity index (χ0n) is 17.7. The van der Waals surface area contributed by atoms with Crippen LogP contribution in [0.4, 0.5) is 4.39 Å². The predicted molar refractivity (Wildman–Crippen MR) is 125 cm³/mol. The largest absolute Gasteiger partial charge is 0.463 e. The van der Waals surface area contributed by atoms with Crippen molar-refractivity contribution in [2.45, 2.75) is 49.5 Å². The molecule has 0 unspecified atom stereocenters. The summed E-state index contributed by atoms with van der Waals surface area (Å²) in [6.07, 6.45) is -1.70. The predicted octanol–water partition coefficient (Wildman–Crippen LogP) is 5.25. The third-order valence-electron chi connectivity index (χ3n) is 4.82. The third kappa shape index (κ3) is 8.15. The number of benzene rings is 2. The van der Waals surface area contributed by atoms with E-state index in [-0.39, 0.29) is 17.8 Å². The molecule has 3 atom stereocenters. The summed E-state index contributed by atoms with van der Waals surface area (Å²) >= 11 is 3.56. The number of rotatable bonds is 11. The Balaban J connectivity index is 1.77. The molecule has 0 N–H and O–H groups in total. The van der Waals surface area contributed by atoms with Gasteiger partial charge in [0.05, 0.1) is 17.8 Å². The summed E-state index contributed by atoms with van der Waals surface area (Å²) in [5, 5.41) is 0. The molecule has 0 aliphatic carbocycles. The monoisotopic (exact) mass is 464 g/mol. The Bertz CT molecular complexity index is 772. The Morgan fingerprint density at radius 1 is 0.968 bits per heavy atom. The minimum atomic E-state index is -1.49. The van der Waals surface area contributed by atoms with Crippen LogP contribution in [0.3, 0.4) is 0 Å². The average Bonchev–Trinajstić information content (AvgIpc) is 2.81. The van der Waals surface area contributed by atoms with E-state index in [2.05, 4.69) is 0 Å². The van der Waals surface area contributed by atoms with Crippen LogP contribution in [0, 0.1) is 0 Å². The number of hydrogen-bond acceptors (Lipinski definition) is 6. The zero-order chi connectivity index (χ0) is 21.9. The van der Waals surface area contributed by atoms with E-state index in [9.17, 15) is 4.79 Å². The van der Waals surface area contributed by atoms with Crippen molar-refractivity contribution >= 4 is 29.5 Å². The molecule has 0 aromatic heterocycles. The Morgan fingerprint density at radius 2 is 1.52 bits per heavy atom. The molecule has 0 saturated carbocycles. The number of esters is 1. The summed E-state index contributed by atoms with van der Waals surface area (Å²) in [6.45, 7) is 1.57. The maximum atomic E-state index is 15.4. The molecular formula is C24H29FO4S2. The molecule has 0 amide bonds. The van der Waals surface area contributed by atoms with Gasteiger partial charge < -0.3 is 14.2 Å². The Kier molecular flexibility index (Phi) is 10.2. The Hall–Kier alpha value is -1.54. The highest BCUT2D eigenvalue weighted by Crippen LogP contribution is 2.37. The minimum Gasteiger partial charge on any atom is -0.463 e. The summed E-state index contributed by atoms with van der Waals surface area (Å²) in [5.74, 6) is 1.51. The molecule has 168 valence electrons. The Labute approximate surface area is 192 Å². The first-order chi connectivity index (χ1) is 15.1. The quantitative estimate of drug-likeness (QED) is 0.423. The van der Waals surface area contributed by atoms with Gasteiger partial charge in [-0.2, -0.15) is 0 Å². The normalized spacial score (nSPS) is 17.6. The number of carbonyl (C=O) groups is 1. The van der Waals surface area contributed by atoms with Crippen molar-refractivity contribution < 1.29 is 23.4 Å². The molecule has 1 aliphatic heterocycles. The molecule has 0 bridgehead atoms. The van der Waals surface area contributed by atoms with Crippen LogP contribution >= 0.6 is 23.5 Å². The SMILES string of the molecule is CC(=O)OC[C@H](F)[C@H](OCc1ccccc1)[C@H](OCc1ccccc1)C1SCCCS1. The molecule has 1 aliphatic rings. The molecule has 2 aromatic rings. The number of carbonyl (C=O) groups excluding carboxylic acids is 1. The van der Waals surface area contributed by atoms with Crippen LogP contribution in [0.1, 0.15) is 24.5 Å². The number of halogens is 1. The molecule has 1 heterocycles. The minimum absolute atomic E-state index is 0.0498. The van der Waals surface area contributed by atoms with Gasteiger partial charge in [0.15, 0.2) is 6.17 Å². The number of alkyl halides is 1. The molecule has 0 spiro atoms. The van der Waals surface area contributed by atoms with Crippen LogP contribution in [0.25, 0.3) is 0 Å². The maximum absolute atomic E-state index is 15.4. The summed E-state index contributed by atoms with van der Waals surface area (Å²) < 4.78 is 32.8. The van der Waals surface area contributed by atoms with Gasteiger partial charge in [0.2, 0.25) is 0 Å². The van der Waals surface area contributed by atoms with Crippen molar-refractivity contribution in [1.82, 2.24) is 0 Å². The molecule has 3 rings (SSSR count). The van der Waals surface area contributed by atoms with Crippen molar-refractivity contribution in [2.75, 3.05) is 18.1 Å². The second kappa shape index (κ2) is 13.1. The van der Waals surface area contributed by atoms with E-state index in [1.165, 1.54) is 6.92 Å². The molecular weight excluding hydrogens is 435 g/mol. The van der Waals surface area contributed by atoms with Crippen LogP contribution in [0.15, 0.2) is 60.7 Å². The maximum Gasteiger partial charge on any atom is 0.302 e. The van der Waals surface area contributed by atoms with E-state index in [0.29, 0.717) is 6.61 Å². The van der Waals surface area contributed by atoms with E-state index in [4.69, 9.17) is 14.2 Å². The Morgan fingerprint density at radius 3 is 2.06 bits per heavy atom. The summed E-state index contributed by atoms with van der Waals surface area (Å²) in [4.78, 5) is 11.3. The van der Waals surface area contributed by atoms with Crippen molar-refractivity contribution in [1.29, 1.82) is 0 Å². The summed E-state index contributed by atoms with van der Waals surface area (Å²) in [7, 11) is 0. The van der Waals surface area contributed by atoms with Gasteiger partial charge in [0.1, 0.15) is 18.8 Å². The lowest BCUT2D eigenvalue weighted by atomic mass is 10.1. The fraction of sp³-hybridized carbons (Fsp3) is 0.458. The molecule has 1 fully saturated rings. The second-order valence-electron chi connectivity index (χ2n) is 7.30. The van der Waals surface area contributed by atoms with Gasteiger partial charge in [-0.3, -0.25) is 4.79 Å². The summed E-state index contributed by atoms with van der Waals surface area (Å²) in [6, 6.07) is 19.5. The van der Waals surface area contributed by atoms with Gasteiger partial charge in [-0.1, -0.05) is 60.7 Å². The average molecular weight is 465 g/mol. The van der Waals surface area contributed by atoms with Gasteiger partial charge in [0, 0.05) is 6.92 Å². The van der Waals surface area contributed by atoms with E-state index in [1.54, 1.807) is 23.5 Å². The van der Waals surface area contributed by atoms with E-state index >= 15 is 4.39 Å². The molecule has 7 heteroatoms. The zero-order valence-corrected chi connectivity index (χ0v) is 19.3. The highest BCUT2D eigenvalue weighted by Gasteiger charge is 2.39. The number of thioether (sulfide) groups is 2. The number of ether oxygens (including phenoxy) is 3. The van der Waals surface area contributed by atoms with Gasteiger partial charge in [-0.05, 0) is 29.1 Å².